The average Bonchev–Trinajstić information content (AvgIpc) is 1.48. The van der Waals surface area contributed by atoms with Crippen molar-refractivity contribution in [2.45, 2.75) is 89.6 Å². The van der Waals surface area contributed by atoms with Gasteiger partial charge in [-0.2, -0.15) is 0 Å². The van der Waals surface area contributed by atoms with Crippen molar-refractivity contribution in [2.24, 2.45) is 25.9 Å². The van der Waals surface area contributed by atoms with Crippen LogP contribution in [0.5, 0.6) is 11.8 Å². The quantitative estimate of drug-likeness (QED) is 0.0416. The second-order valence-electron chi connectivity index (χ2n) is 27.2. The third kappa shape index (κ3) is 15.8. The maximum absolute atomic E-state index is 13.6. The molecule has 26 nitrogen and oxygen atoms in total. The first-order valence-electron chi connectivity index (χ1n) is 34.8. The van der Waals surface area contributed by atoms with Gasteiger partial charge in [-0.05, 0) is 89.3 Å². The molecule has 0 unspecified atom stereocenters. The molecule has 6 aliphatic rings. The van der Waals surface area contributed by atoms with Gasteiger partial charge in [-0.3, -0.25) is 38.7 Å². The number of rotatable bonds is 20. The van der Waals surface area contributed by atoms with Crippen LogP contribution in [0, 0.1) is 11.8 Å². The Morgan fingerprint density at radius 1 is 0.510 bits per heavy atom. The van der Waals surface area contributed by atoms with Crippen LogP contribution < -0.4 is 41.4 Å². The Morgan fingerprint density at radius 2 is 0.933 bits per heavy atom. The molecule has 104 heavy (non-hydrogen) atoms. The summed E-state index contributed by atoms with van der Waals surface area (Å²) in [5, 5.41) is 19.7. The fraction of sp³-hybridized carbons (Fsp3) is 0.405. The van der Waals surface area contributed by atoms with E-state index in [-0.39, 0.29) is 69.2 Å². The topological polar surface area (TPSA) is 293 Å². The number of amides is 6. The lowest BCUT2D eigenvalue weighted by Crippen LogP contribution is -2.40. The molecule has 0 spiro atoms. The highest BCUT2D eigenvalue weighted by molar-refractivity contribution is 6.40. The maximum Gasteiger partial charge on any atom is 0.291 e. The molecule has 544 valence electrons. The number of carbonyl (C=O) groups excluding carboxylic acids is 6. The summed E-state index contributed by atoms with van der Waals surface area (Å²) in [6, 6.07) is 21.9. The zero-order valence-electron chi connectivity index (χ0n) is 58.7. The Bertz CT molecular complexity index is 4360. The summed E-state index contributed by atoms with van der Waals surface area (Å²) in [5.41, 5.74) is 10.2. The summed E-state index contributed by atoms with van der Waals surface area (Å²) < 4.78 is 14.8. The van der Waals surface area contributed by atoms with Crippen molar-refractivity contribution in [3.63, 3.8) is 0 Å². The van der Waals surface area contributed by atoms with E-state index in [0.29, 0.717) is 156 Å². The van der Waals surface area contributed by atoms with Crippen molar-refractivity contribution in [1.29, 1.82) is 0 Å². The molecule has 6 amide bonds. The highest BCUT2D eigenvalue weighted by atomic mass is 35.5. The van der Waals surface area contributed by atoms with E-state index in [1.165, 1.54) is 0 Å². The molecule has 2 aromatic carbocycles. The standard InChI is InChI=1S/2C37H41Cl2N9O4/c2*1-46-15-12-22(19-46)37(51)48-16-13-29-28(20-48)43-34(47(29)2)35(50)44-27-6-4-5-25(31(27)38)33-32(39)24(11-14-41-33)26-9-7-21(36(45-26)52-3)17-40-18-23-8-10-30(49)42-23/h2*4-7,9,11,14,22-23,40H,8,10,12-13,15-20H2,1-3H3,(H,42,49)(H,44,50)/t2*22-,23-/m00/s1. The van der Waals surface area contributed by atoms with E-state index in [0.717, 1.165) is 85.8 Å². The number of methoxy groups -OCH3 is 2. The summed E-state index contributed by atoms with van der Waals surface area (Å²) >= 11 is 27.8. The molecule has 6 aromatic heterocycles. The fourth-order valence-corrected chi connectivity index (χ4v) is 15.7. The van der Waals surface area contributed by atoms with Crippen LogP contribution in [-0.2, 0) is 72.3 Å². The summed E-state index contributed by atoms with van der Waals surface area (Å²) in [6.07, 6.45) is 8.98. The molecule has 4 saturated heterocycles. The SMILES string of the molecule is COc1nc(-c2ccnc(-c3cccc(NC(=O)c4nc5c(n4C)CCN(C(=O)[C@H]4CCN(C)C4)C5)c3Cl)c2Cl)ccc1CNC[C@@H]1CCC(=O)N1.COc1nc(-c2ccnc(-c3cccc(NC(=O)c4nc5c(n4C)CCN(C(=O)[C@H]4CCN(C)C4)C5)c3Cl)c2Cl)ccc1CNC[C@@H]1CCC(=O)N1. The lowest BCUT2D eigenvalue weighted by Gasteiger charge is -2.29. The van der Waals surface area contributed by atoms with Crippen molar-refractivity contribution in [2.75, 3.05) is 91.3 Å². The van der Waals surface area contributed by atoms with Crippen LogP contribution in [0.2, 0.25) is 20.1 Å². The van der Waals surface area contributed by atoms with E-state index >= 15 is 0 Å². The number of carbonyl (C=O) groups is 6. The fourth-order valence-electron chi connectivity index (χ4n) is 14.6. The molecule has 0 bridgehead atoms. The van der Waals surface area contributed by atoms with Gasteiger partial charge in [0.05, 0.1) is 105 Å². The molecule has 12 heterocycles. The first kappa shape index (κ1) is 73.2. The Labute approximate surface area is 622 Å². The van der Waals surface area contributed by atoms with Gasteiger partial charge in [0.25, 0.3) is 11.8 Å². The highest BCUT2D eigenvalue weighted by Crippen LogP contribution is 2.43. The second kappa shape index (κ2) is 32.1. The number of aromatic nitrogens is 8. The average molecular weight is 1490 g/mol. The number of imidazole rings is 2. The van der Waals surface area contributed by atoms with E-state index in [2.05, 4.69) is 61.6 Å². The Kier molecular flexibility index (Phi) is 22.6. The van der Waals surface area contributed by atoms with Crippen molar-refractivity contribution in [3.8, 4) is 56.8 Å². The summed E-state index contributed by atoms with van der Waals surface area (Å²) in [5.74, 6) is 1.02. The monoisotopic (exact) mass is 1490 g/mol. The van der Waals surface area contributed by atoms with Gasteiger partial charge in [0.2, 0.25) is 35.4 Å². The van der Waals surface area contributed by atoms with Gasteiger partial charge in [0.15, 0.2) is 11.6 Å². The molecule has 0 radical (unpaired) electrons. The maximum atomic E-state index is 13.6. The molecular formula is C74H82Cl4N18O8. The number of ether oxygens (including phenoxy) is 2. The van der Waals surface area contributed by atoms with Gasteiger partial charge >= 0.3 is 0 Å². The lowest BCUT2D eigenvalue weighted by atomic mass is 10.0. The van der Waals surface area contributed by atoms with Gasteiger partial charge in [0, 0.05) is 161 Å². The van der Waals surface area contributed by atoms with E-state index in [1.54, 1.807) is 84.3 Å². The van der Waals surface area contributed by atoms with Gasteiger partial charge < -0.3 is 70.1 Å². The number of halogens is 4. The number of likely N-dealkylation sites (tertiary alicyclic amines) is 2. The number of anilines is 2. The normalized spacial score (nSPS) is 18.7. The molecule has 30 heteroatoms. The third-order valence-electron chi connectivity index (χ3n) is 20.2. The number of benzene rings is 2. The van der Waals surface area contributed by atoms with Crippen molar-refractivity contribution >= 4 is 93.2 Å². The zero-order chi connectivity index (χ0) is 73.0. The molecule has 8 aromatic rings. The molecule has 6 aliphatic heterocycles. The van der Waals surface area contributed by atoms with Crippen LogP contribution in [0.3, 0.4) is 0 Å². The number of fused-ring (bicyclic) bond motifs is 2. The summed E-state index contributed by atoms with van der Waals surface area (Å²) in [6.45, 7) is 7.68. The van der Waals surface area contributed by atoms with Gasteiger partial charge in [-0.15, -0.1) is 0 Å². The van der Waals surface area contributed by atoms with E-state index in [9.17, 15) is 28.8 Å². The van der Waals surface area contributed by atoms with Crippen LogP contribution in [0.4, 0.5) is 11.4 Å². The van der Waals surface area contributed by atoms with Gasteiger partial charge in [0.1, 0.15) is 0 Å². The number of pyridine rings is 4. The lowest BCUT2D eigenvalue weighted by molar-refractivity contribution is -0.136. The Hall–Kier alpha value is -9.12. The molecule has 4 fully saturated rings. The minimum atomic E-state index is -0.419. The molecular weight excluding hydrogens is 1410 g/mol. The highest BCUT2D eigenvalue weighted by Gasteiger charge is 2.37. The van der Waals surface area contributed by atoms with Crippen LogP contribution >= 0.6 is 46.4 Å². The van der Waals surface area contributed by atoms with E-state index in [4.69, 9.17) is 65.8 Å². The van der Waals surface area contributed by atoms with Crippen molar-refractivity contribution in [1.82, 2.24) is 79.9 Å². The molecule has 0 aliphatic carbocycles. The number of hydrogen-bond donors (Lipinski definition) is 6. The number of nitrogens with one attached hydrogen (secondary N) is 6. The first-order valence-corrected chi connectivity index (χ1v) is 36.3. The van der Waals surface area contributed by atoms with Crippen LogP contribution in [-0.4, -0.2) is 187 Å². The van der Waals surface area contributed by atoms with Gasteiger partial charge in [-0.1, -0.05) is 82.8 Å². The molecule has 0 saturated carbocycles. The third-order valence-corrected chi connectivity index (χ3v) is 21.8. The first-order chi connectivity index (χ1) is 50.2. The largest absolute Gasteiger partial charge is 0.481 e. The minimum Gasteiger partial charge on any atom is -0.481 e. The second-order valence-corrected chi connectivity index (χ2v) is 28.7. The predicted octanol–water partition coefficient (Wildman–Crippen LogP) is 8.63. The van der Waals surface area contributed by atoms with E-state index in [1.807, 2.05) is 62.3 Å². The predicted molar refractivity (Wildman–Crippen MR) is 396 cm³/mol. The molecule has 14 rings (SSSR count). The Morgan fingerprint density at radius 3 is 1.31 bits per heavy atom. The molecule has 6 N–H and O–H groups in total. The summed E-state index contributed by atoms with van der Waals surface area (Å²) in [7, 11) is 10.8. The minimum absolute atomic E-state index is 0.00261. The number of hydrogen-bond acceptors (Lipinski definition) is 18. The summed E-state index contributed by atoms with van der Waals surface area (Å²) in [4.78, 5) is 113. The van der Waals surface area contributed by atoms with Crippen LogP contribution in [0.25, 0.3) is 45.0 Å². The smallest absolute Gasteiger partial charge is 0.291 e. The van der Waals surface area contributed by atoms with Crippen LogP contribution in [0.15, 0.2) is 85.2 Å². The van der Waals surface area contributed by atoms with E-state index < -0.39 is 11.8 Å². The molecule has 4 atom stereocenters. The zero-order valence-corrected chi connectivity index (χ0v) is 61.7. The van der Waals surface area contributed by atoms with Crippen molar-refractivity contribution < 1.29 is 38.2 Å². The van der Waals surface area contributed by atoms with Gasteiger partial charge in [-0.25, -0.2) is 19.9 Å². The number of nitrogens with zero attached hydrogens (tertiary/aromatic N) is 12. The van der Waals surface area contributed by atoms with Crippen LogP contribution in [0.1, 0.15) is 93.7 Å². The van der Waals surface area contributed by atoms with Crippen molar-refractivity contribution in [3.05, 3.63) is 151 Å². The Balaban J connectivity index is 0.000000185.